The summed E-state index contributed by atoms with van der Waals surface area (Å²) in [5.41, 5.74) is 3.80. The van der Waals surface area contributed by atoms with Crippen molar-refractivity contribution in [3.63, 3.8) is 0 Å². The first-order chi connectivity index (χ1) is 13.0. The third-order valence-corrected chi connectivity index (χ3v) is 4.48. The molecule has 1 aromatic heterocycles. The zero-order chi connectivity index (χ0) is 19.0. The minimum Gasteiger partial charge on any atom is -0.454 e. The summed E-state index contributed by atoms with van der Waals surface area (Å²) in [6, 6.07) is 11.2. The van der Waals surface area contributed by atoms with Crippen LogP contribution in [-0.2, 0) is 0 Å². The molecule has 0 atom stereocenters. The second-order valence-electron chi connectivity index (χ2n) is 6.24. The van der Waals surface area contributed by atoms with Crippen LogP contribution in [0.25, 0.3) is 11.8 Å². The van der Waals surface area contributed by atoms with Gasteiger partial charge in [-0.25, -0.2) is 9.07 Å². The summed E-state index contributed by atoms with van der Waals surface area (Å²) < 4.78 is 25.5. The third-order valence-electron chi connectivity index (χ3n) is 4.48. The number of hydrogen-bond donors (Lipinski definition) is 0. The van der Waals surface area contributed by atoms with Gasteiger partial charge in [0.05, 0.1) is 11.4 Å². The Labute approximate surface area is 155 Å². The number of hydrogen-bond acceptors (Lipinski definition) is 4. The van der Waals surface area contributed by atoms with Gasteiger partial charge in [0.25, 0.3) is 0 Å². The number of ketones is 1. The Hall–Kier alpha value is -3.41. The number of aromatic nitrogens is 2. The van der Waals surface area contributed by atoms with Gasteiger partial charge in [0.1, 0.15) is 5.82 Å². The highest BCUT2D eigenvalue weighted by Crippen LogP contribution is 2.32. The molecule has 0 saturated heterocycles. The lowest BCUT2D eigenvalue weighted by atomic mass is 10.1. The van der Waals surface area contributed by atoms with Crippen molar-refractivity contribution in [2.45, 2.75) is 13.8 Å². The van der Waals surface area contributed by atoms with Crippen molar-refractivity contribution in [2.75, 3.05) is 6.79 Å². The number of ether oxygens (including phenoxy) is 2. The van der Waals surface area contributed by atoms with Gasteiger partial charge < -0.3 is 9.47 Å². The predicted octanol–water partition coefficient (Wildman–Crippen LogP) is 4.25. The van der Waals surface area contributed by atoms with E-state index < -0.39 is 0 Å². The number of fused-ring (bicyclic) bond motifs is 1. The maximum Gasteiger partial charge on any atom is 0.231 e. The van der Waals surface area contributed by atoms with Gasteiger partial charge in [-0.1, -0.05) is 0 Å². The van der Waals surface area contributed by atoms with Crippen LogP contribution in [0.1, 0.15) is 27.3 Å². The Bertz CT molecular complexity index is 1050. The number of benzene rings is 2. The number of rotatable bonds is 4. The first-order valence-electron chi connectivity index (χ1n) is 8.47. The van der Waals surface area contributed by atoms with Crippen molar-refractivity contribution in [3.8, 4) is 17.2 Å². The SMILES string of the molecule is Cc1nn(-c2ccc(F)cc2)c(C)c1/C=C/C(=O)c1ccc2c(c1)OCO2. The molecule has 0 saturated carbocycles. The van der Waals surface area contributed by atoms with Crippen molar-refractivity contribution in [3.05, 3.63) is 76.9 Å². The third kappa shape index (κ3) is 3.21. The predicted molar refractivity (Wildman–Crippen MR) is 98.9 cm³/mol. The minimum absolute atomic E-state index is 0.137. The fourth-order valence-electron chi connectivity index (χ4n) is 3.03. The Morgan fingerprint density at radius 2 is 1.85 bits per heavy atom. The van der Waals surface area contributed by atoms with E-state index >= 15 is 0 Å². The van der Waals surface area contributed by atoms with Crippen LogP contribution >= 0.6 is 0 Å². The molecule has 2 aromatic carbocycles. The molecule has 5 nitrogen and oxygen atoms in total. The molecule has 136 valence electrons. The van der Waals surface area contributed by atoms with Crippen LogP contribution in [-0.4, -0.2) is 22.4 Å². The molecule has 0 N–H and O–H groups in total. The van der Waals surface area contributed by atoms with Gasteiger partial charge in [-0.05, 0) is 68.5 Å². The Morgan fingerprint density at radius 3 is 2.63 bits per heavy atom. The number of allylic oxidation sites excluding steroid dienone is 1. The van der Waals surface area contributed by atoms with E-state index in [4.69, 9.17) is 9.47 Å². The van der Waals surface area contributed by atoms with Crippen LogP contribution < -0.4 is 9.47 Å². The number of carbonyl (C=O) groups is 1. The van der Waals surface area contributed by atoms with Gasteiger partial charge >= 0.3 is 0 Å². The lowest BCUT2D eigenvalue weighted by Gasteiger charge is -2.04. The van der Waals surface area contributed by atoms with Crippen molar-refractivity contribution in [1.29, 1.82) is 0 Å². The monoisotopic (exact) mass is 364 g/mol. The summed E-state index contributed by atoms with van der Waals surface area (Å²) in [5.74, 6) is 0.782. The molecule has 0 bridgehead atoms. The Balaban J connectivity index is 1.60. The van der Waals surface area contributed by atoms with E-state index in [-0.39, 0.29) is 18.4 Å². The van der Waals surface area contributed by atoms with Crippen molar-refractivity contribution in [2.24, 2.45) is 0 Å². The lowest BCUT2D eigenvalue weighted by molar-refractivity contribution is 0.104. The summed E-state index contributed by atoms with van der Waals surface area (Å²) in [6.45, 7) is 3.95. The van der Waals surface area contributed by atoms with Gasteiger partial charge in [0.2, 0.25) is 6.79 Å². The second-order valence-corrected chi connectivity index (χ2v) is 6.24. The summed E-state index contributed by atoms with van der Waals surface area (Å²) >= 11 is 0. The van der Waals surface area contributed by atoms with Crippen molar-refractivity contribution >= 4 is 11.9 Å². The molecular weight excluding hydrogens is 347 g/mol. The van der Waals surface area contributed by atoms with E-state index in [1.54, 1.807) is 41.1 Å². The first-order valence-corrected chi connectivity index (χ1v) is 8.47. The van der Waals surface area contributed by atoms with Gasteiger partial charge in [0.15, 0.2) is 17.3 Å². The maximum atomic E-state index is 13.1. The average molecular weight is 364 g/mol. The van der Waals surface area contributed by atoms with E-state index in [0.29, 0.717) is 17.1 Å². The van der Waals surface area contributed by atoms with Crippen LogP contribution in [0.5, 0.6) is 11.5 Å². The highest BCUT2D eigenvalue weighted by atomic mass is 19.1. The summed E-state index contributed by atoms with van der Waals surface area (Å²) in [5, 5.41) is 4.50. The minimum atomic E-state index is -0.297. The summed E-state index contributed by atoms with van der Waals surface area (Å²) in [6.07, 6.45) is 3.27. The molecule has 0 unspecified atom stereocenters. The molecule has 0 fully saturated rings. The number of aryl methyl sites for hydroxylation is 1. The number of nitrogens with zero attached hydrogens (tertiary/aromatic N) is 2. The largest absolute Gasteiger partial charge is 0.454 e. The molecule has 27 heavy (non-hydrogen) atoms. The molecule has 0 spiro atoms. The molecule has 6 heteroatoms. The zero-order valence-electron chi connectivity index (χ0n) is 14.9. The normalized spacial score (nSPS) is 12.7. The molecule has 3 aromatic rings. The quantitative estimate of drug-likeness (QED) is 0.513. The lowest BCUT2D eigenvalue weighted by Crippen LogP contribution is -1.99. The smallest absolute Gasteiger partial charge is 0.231 e. The highest BCUT2D eigenvalue weighted by molar-refractivity contribution is 6.07. The van der Waals surface area contributed by atoms with Gasteiger partial charge in [-0.15, -0.1) is 0 Å². The average Bonchev–Trinajstić information content (AvgIpc) is 3.24. The first kappa shape index (κ1) is 17.0. The number of carbonyl (C=O) groups excluding carboxylic acids is 1. The van der Waals surface area contributed by atoms with Gasteiger partial charge in [-0.2, -0.15) is 5.10 Å². The Morgan fingerprint density at radius 1 is 1.11 bits per heavy atom. The standard InChI is InChI=1S/C21H17FN2O3/c1-13-18(14(2)24(23-13)17-6-4-16(22)5-7-17)8-9-19(25)15-3-10-20-21(11-15)27-12-26-20/h3-11H,12H2,1-2H3/b9-8+. The maximum absolute atomic E-state index is 13.1. The van der Waals surface area contributed by atoms with Gasteiger partial charge in [-0.3, -0.25) is 4.79 Å². The molecule has 1 aliphatic rings. The van der Waals surface area contributed by atoms with E-state index in [2.05, 4.69) is 5.10 Å². The molecule has 0 radical (unpaired) electrons. The van der Waals surface area contributed by atoms with Crippen LogP contribution in [0.3, 0.4) is 0 Å². The van der Waals surface area contributed by atoms with Crippen molar-refractivity contribution < 1.29 is 18.7 Å². The fourth-order valence-corrected chi connectivity index (χ4v) is 3.03. The van der Waals surface area contributed by atoms with E-state index in [0.717, 1.165) is 22.6 Å². The van der Waals surface area contributed by atoms with Crippen LogP contribution in [0.15, 0.2) is 48.5 Å². The topological polar surface area (TPSA) is 53.4 Å². The van der Waals surface area contributed by atoms with Crippen LogP contribution in [0.4, 0.5) is 4.39 Å². The zero-order valence-corrected chi connectivity index (χ0v) is 14.9. The van der Waals surface area contributed by atoms with Crippen LogP contribution in [0.2, 0.25) is 0 Å². The second kappa shape index (κ2) is 6.72. The summed E-state index contributed by atoms with van der Waals surface area (Å²) in [4.78, 5) is 12.5. The van der Waals surface area contributed by atoms with E-state index in [1.807, 2.05) is 13.8 Å². The molecule has 0 amide bonds. The molecule has 0 aliphatic carbocycles. The molecule has 1 aliphatic heterocycles. The van der Waals surface area contributed by atoms with Crippen LogP contribution in [0, 0.1) is 19.7 Å². The molecule has 4 rings (SSSR count). The molecular formula is C21H17FN2O3. The Kier molecular flexibility index (Phi) is 4.24. The van der Waals surface area contributed by atoms with E-state index in [1.165, 1.54) is 18.2 Å². The number of halogens is 1. The highest BCUT2D eigenvalue weighted by Gasteiger charge is 2.16. The fraction of sp³-hybridized carbons (Fsp3) is 0.143. The van der Waals surface area contributed by atoms with Crippen molar-refractivity contribution in [1.82, 2.24) is 9.78 Å². The summed E-state index contributed by atoms with van der Waals surface area (Å²) in [7, 11) is 0. The van der Waals surface area contributed by atoms with E-state index in [9.17, 15) is 9.18 Å². The molecule has 2 heterocycles. The van der Waals surface area contributed by atoms with Gasteiger partial charge in [0, 0.05) is 16.8 Å².